The van der Waals surface area contributed by atoms with Crippen LogP contribution >= 0.6 is 15.9 Å². The first kappa shape index (κ1) is 22.7. The van der Waals surface area contributed by atoms with E-state index in [9.17, 15) is 14.4 Å². The van der Waals surface area contributed by atoms with Gasteiger partial charge in [-0.2, -0.15) is 0 Å². The van der Waals surface area contributed by atoms with Crippen molar-refractivity contribution in [2.75, 3.05) is 18.3 Å². The second-order valence-corrected chi connectivity index (χ2v) is 8.28. The molecule has 1 fully saturated rings. The fraction of sp³-hybridized carbons (Fsp3) is 0.261. The Hall–Kier alpha value is -3.53. The largest absolute Gasteiger partial charge is 0.490 e. The number of halogens is 1. The number of hydrogen-bond donors (Lipinski definition) is 1. The van der Waals surface area contributed by atoms with Crippen molar-refractivity contribution in [2.45, 2.75) is 26.9 Å². The Balaban J connectivity index is 1.72. The van der Waals surface area contributed by atoms with Gasteiger partial charge in [-0.25, -0.2) is 9.69 Å². The summed E-state index contributed by atoms with van der Waals surface area (Å²) in [6.07, 6.45) is 1.31. The predicted molar refractivity (Wildman–Crippen MR) is 123 cm³/mol. The molecule has 172 valence electrons. The maximum atomic E-state index is 13.2. The summed E-state index contributed by atoms with van der Waals surface area (Å²) in [5.74, 6) is 0.331. The Morgan fingerprint density at radius 3 is 2.64 bits per heavy atom. The average Bonchev–Trinajstić information content (AvgIpc) is 3.21. The van der Waals surface area contributed by atoms with E-state index < -0.39 is 17.8 Å². The monoisotopic (exact) mass is 516 g/mol. The summed E-state index contributed by atoms with van der Waals surface area (Å²) < 4.78 is 22.7. The fourth-order valence-corrected chi connectivity index (χ4v) is 3.92. The van der Waals surface area contributed by atoms with E-state index in [1.807, 2.05) is 20.8 Å². The average molecular weight is 517 g/mol. The lowest BCUT2D eigenvalue weighted by Crippen LogP contribution is -2.54. The summed E-state index contributed by atoms with van der Waals surface area (Å²) in [6.45, 7) is 6.07. The zero-order valence-corrected chi connectivity index (χ0v) is 19.7. The number of carbonyl (C=O) groups is 3. The van der Waals surface area contributed by atoms with Crippen molar-refractivity contribution in [1.82, 2.24) is 5.32 Å². The number of rotatable bonds is 6. The quantitative estimate of drug-likeness (QED) is 0.456. The van der Waals surface area contributed by atoms with Crippen molar-refractivity contribution in [3.05, 3.63) is 45.9 Å². The van der Waals surface area contributed by atoms with E-state index in [4.69, 9.17) is 18.9 Å². The molecule has 0 radical (unpaired) electrons. The number of imide groups is 2. The number of carbonyl (C=O) groups excluding carboxylic acids is 3. The molecule has 2 aromatic rings. The molecule has 0 spiro atoms. The third-order valence-corrected chi connectivity index (χ3v) is 5.30. The van der Waals surface area contributed by atoms with Gasteiger partial charge in [0.1, 0.15) is 5.57 Å². The molecule has 1 saturated heterocycles. The lowest BCUT2D eigenvalue weighted by molar-refractivity contribution is -0.122. The zero-order valence-electron chi connectivity index (χ0n) is 18.1. The molecule has 0 aromatic heterocycles. The third-order valence-electron chi connectivity index (χ3n) is 4.71. The molecule has 4 rings (SSSR count). The standard InChI is InChI=1S/C23H21BrN2O7/c1-4-30-19-9-13(8-16(24)20(19)33-12(2)3)7-15-21(27)25-23(29)26(22(15)28)14-5-6-17-18(10-14)32-11-31-17/h5-10,12H,4,11H2,1-3H3,(H,25,27,29)/b15-7+. The molecular weight excluding hydrogens is 496 g/mol. The minimum Gasteiger partial charge on any atom is -0.490 e. The zero-order chi connectivity index (χ0) is 23.7. The van der Waals surface area contributed by atoms with E-state index in [1.54, 1.807) is 24.3 Å². The van der Waals surface area contributed by atoms with Crippen molar-refractivity contribution in [3.8, 4) is 23.0 Å². The number of urea groups is 1. The first-order valence-electron chi connectivity index (χ1n) is 10.2. The third kappa shape index (κ3) is 4.51. The van der Waals surface area contributed by atoms with Gasteiger partial charge < -0.3 is 18.9 Å². The molecule has 2 heterocycles. The second-order valence-electron chi connectivity index (χ2n) is 7.43. The van der Waals surface area contributed by atoms with Crippen molar-refractivity contribution < 1.29 is 33.3 Å². The van der Waals surface area contributed by atoms with Gasteiger partial charge in [0.2, 0.25) is 6.79 Å². The lowest BCUT2D eigenvalue weighted by atomic mass is 10.1. The van der Waals surface area contributed by atoms with Gasteiger partial charge in [0, 0.05) is 6.07 Å². The Bertz CT molecular complexity index is 1180. The normalized spacial score (nSPS) is 16.5. The summed E-state index contributed by atoms with van der Waals surface area (Å²) in [5, 5.41) is 2.21. The highest BCUT2D eigenvalue weighted by Gasteiger charge is 2.37. The number of anilines is 1. The van der Waals surface area contributed by atoms with Crippen molar-refractivity contribution >= 4 is 45.5 Å². The predicted octanol–water partition coefficient (Wildman–Crippen LogP) is 4.03. The highest BCUT2D eigenvalue weighted by atomic mass is 79.9. The highest BCUT2D eigenvalue weighted by molar-refractivity contribution is 9.10. The number of nitrogens with zero attached hydrogens (tertiary/aromatic N) is 1. The van der Waals surface area contributed by atoms with E-state index in [-0.39, 0.29) is 24.2 Å². The second kappa shape index (κ2) is 9.14. The van der Waals surface area contributed by atoms with Gasteiger partial charge in [0.15, 0.2) is 23.0 Å². The molecule has 9 nitrogen and oxygen atoms in total. The Kier molecular flexibility index (Phi) is 6.28. The van der Waals surface area contributed by atoms with Gasteiger partial charge in [-0.05, 0) is 72.6 Å². The molecule has 2 aliphatic heterocycles. The number of benzene rings is 2. The molecule has 10 heteroatoms. The van der Waals surface area contributed by atoms with Crippen LogP contribution < -0.4 is 29.2 Å². The number of nitrogens with one attached hydrogen (secondary N) is 1. The van der Waals surface area contributed by atoms with Gasteiger partial charge >= 0.3 is 6.03 Å². The number of hydrogen-bond acceptors (Lipinski definition) is 7. The molecule has 2 aromatic carbocycles. The van der Waals surface area contributed by atoms with Crippen LogP contribution in [0.1, 0.15) is 26.3 Å². The number of amides is 4. The number of barbiturate groups is 1. The van der Waals surface area contributed by atoms with Crippen LogP contribution in [0.15, 0.2) is 40.4 Å². The van der Waals surface area contributed by atoms with Crippen LogP contribution in [0.5, 0.6) is 23.0 Å². The van der Waals surface area contributed by atoms with Crippen LogP contribution in [0.2, 0.25) is 0 Å². The van der Waals surface area contributed by atoms with Crippen molar-refractivity contribution in [1.29, 1.82) is 0 Å². The summed E-state index contributed by atoms with van der Waals surface area (Å²) in [4.78, 5) is 39.1. The summed E-state index contributed by atoms with van der Waals surface area (Å²) in [6, 6.07) is 7.17. The maximum absolute atomic E-state index is 13.2. The summed E-state index contributed by atoms with van der Waals surface area (Å²) >= 11 is 3.47. The van der Waals surface area contributed by atoms with Gasteiger partial charge in [-0.1, -0.05) is 0 Å². The molecular formula is C23H21BrN2O7. The molecule has 1 N–H and O–H groups in total. The minimum atomic E-state index is -0.849. The molecule has 33 heavy (non-hydrogen) atoms. The van der Waals surface area contributed by atoms with Gasteiger partial charge in [-0.15, -0.1) is 0 Å². The minimum absolute atomic E-state index is 0.0517. The van der Waals surface area contributed by atoms with Gasteiger partial charge in [0.25, 0.3) is 11.8 Å². The van der Waals surface area contributed by atoms with E-state index >= 15 is 0 Å². The Labute approximate surface area is 198 Å². The molecule has 4 amide bonds. The van der Waals surface area contributed by atoms with Crippen LogP contribution in [-0.4, -0.2) is 37.3 Å². The number of ether oxygens (including phenoxy) is 4. The SMILES string of the molecule is CCOc1cc(/C=C2\C(=O)NC(=O)N(c3ccc4c(c3)OCO4)C2=O)cc(Br)c1OC(C)C. The first-order chi connectivity index (χ1) is 15.8. The first-order valence-corrected chi connectivity index (χ1v) is 11.0. The van der Waals surface area contributed by atoms with Crippen LogP contribution in [0.3, 0.4) is 0 Å². The topological polar surface area (TPSA) is 103 Å². The van der Waals surface area contributed by atoms with Crippen LogP contribution in [0.25, 0.3) is 6.08 Å². The Morgan fingerprint density at radius 1 is 1.15 bits per heavy atom. The molecule has 0 saturated carbocycles. The fourth-order valence-electron chi connectivity index (χ4n) is 3.37. The number of fused-ring (bicyclic) bond motifs is 1. The van der Waals surface area contributed by atoms with Crippen LogP contribution in [-0.2, 0) is 9.59 Å². The van der Waals surface area contributed by atoms with Crippen molar-refractivity contribution in [3.63, 3.8) is 0 Å². The molecule has 2 aliphatic rings. The molecule has 0 unspecified atom stereocenters. The van der Waals surface area contributed by atoms with Gasteiger partial charge in [-0.3, -0.25) is 14.9 Å². The molecule has 0 aliphatic carbocycles. The summed E-state index contributed by atoms with van der Waals surface area (Å²) in [5.41, 5.74) is 0.552. The lowest BCUT2D eigenvalue weighted by Gasteiger charge is -2.26. The van der Waals surface area contributed by atoms with Gasteiger partial charge in [0.05, 0.1) is 22.9 Å². The van der Waals surface area contributed by atoms with E-state index in [2.05, 4.69) is 21.2 Å². The van der Waals surface area contributed by atoms with E-state index in [0.717, 1.165) is 4.90 Å². The molecule has 0 bridgehead atoms. The van der Waals surface area contributed by atoms with Crippen LogP contribution in [0.4, 0.5) is 10.5 Å². The Morgan fingerprint density at radius 2 is 1.91 bits per heavy atom. The van der Waals surface area contributed by atoms with Crippen LogP contribution in [0, 0.1) is 0 Å². The van der Waals surface area contributed by atoms with E-state index in [0.29, 0.717) is 39.6 Å². The highest BCUT2D eigenvalue weighted by Crippen LogP contribution is 2.39. The van der Waals surface area contributed by atoms with Crippen molar-refractivity contribution in [2.24, 2.45) is 0 Å². The smallest absolute Gasteiger partial charge is 0.335 e. The maximum Gasteiger partial charge on any atom is 0.335 e. The van der Waals surface area contributed by atoms with E-state index in [1.165, 1.54) is 12.1 Å². The summed E-state index contributed by atoms with van der Waals surface area (Å²) in [7, 11) is 0. The molecule has 0 atom stereocenters.